The van der Waals surface area contributed by atoms with Crippen molar-refractivity contribution in [2.75, 3.05) is 0 Å². The molecule has 0 aliphatic heterocycles. The Morgan fingerprint density at radius 1 is 0.533 bits per heavy atom. The molecule has 0 heterocycles. The Kier molecular flexibility index (Phi) is 70.6. The molecule has 0 saturated carbocycles. The first-order chi connectivity index (χ1) is 5.20. The Morgan fingerprint density at radius 3 is 0.533 bits per heavy atom. The zero-order valence-electron chi connectivity index (χ0n) is 6.22. The molecule has 0 aromatic rings. The fourth-order valence-electron chi connectivity index (χ4n) is 0. The van der Waals surface area contributed by atoms with E-state index in [-0.39, 0.29) is 39.6 Å². The molecule has 0 spiro atoms. The molecule has 0 fully saturated rings. The standard InChI is InChI=1S/2Fe.3HO3P.H2O/c;;3*1-4(2)3;/h;;3*(H,1,2,3);1H2/q2*+3;;;;/p-3. The van der Waals surface area contributed by atoms with E-state index in [0.717, 1.165) is 0 Å². The van der Waals surface area contributed by atoms with E-state index in [1.165, 1.54) is 0 Å². The van der Waals surface area contributed by atoms with E-state index in [1.54, 1.807) is 0 Å². The van der Waals surface area contributed by atoms with Crippen molar-refractivity contribution >= 4 is 24.8 Å². The van der Waals surface area contributed by atoms with E-state index in [0.29, 0.717) is 0 Å². The fourth-order valence-corrected chi connectivity index (χ4v) is 0. The molecule has 2 N–H and O–H groups in total. The van der Waals surface area contributed by atoms with Crippen molar-refractivity contribution in [3.8, 4) is 0 Å². The Labute approximate surface area is 107 Å². The van der Waals surface area contributed by atoms with Crippen LogP contribution in [-0.2, 0) is 47.8 Å². The Hall–Kier alpha value is 1.06. The van der Waals surface area contributed by atoms with Crippen LogP contribution in [0.15, 0.2) is 0 Å². The summed E-state index contributed by atoms with van der Waals surface area (Å²) in [6.07, 6.45) is 0. The van der Waals surface area contributed by atoms with Gasteiger partial charge in [0.05, 0.1) is 0 Å². The maximum Gasteiger partial charge on any atom is 3.00 e. The second kappa shape index (κ2) is 29.4. The summed E-state index contributed by atoms with van der Waals surface area (Å²) in [6.45, 7) is 0. The van der Waals surface area contributed by atoms with Crippen LogP contribution in [0.4, 0.5) is 0 Å². The van der Waals surface area contributed by atoms with Crippen LogP contribution in [0.25, 0.3) is 0 Å². The number of hydrogen-bond acceptors (Lipinski definition) is 9. The Morgan fingerprint density at radius 2 is 0.533 bits per heavy atom. The molecular formula is H2Fe2O10P3+3. The zero-order chi connectivity index (χ0) is 10.7. The van der Waals surface area contributed by atoms with Crippen molar-refractivity contribution in [2.45, 2.75) is 0 Å². The summed E-state index contributed by atoms with van der Waals surface area (Å²) >= 11 is 0. The van der Waals surface area contributed by atoms with E-state index in [9.17, 15) is 0 Å². The van der Waals surface area contributed by atoms with Gasteiger partial charge in [-0.2, -0.15) is 0 Å². The average Bonchev–Trinajstić information content (AvgIpc) is 1.54. The number of rotatable bonds is 0. The first kappa shape index (κ1) is 36.0. The van der Waals surface area contributed by atoms with Gasteiger partial charge in [0, 0.05) is 0 Å². The Bertz CT molecular complexity index is 116. The SMILES string of the molecule is O.O=[P+]([O-])[O-].O=[P+]([O-])[O-].O=[P+]([O-])[O-].[Fe+3].[Fe+3]. The van der Waals surface area contributed by atoms with Gasteiger partial charge in [-0.15, -0.1) is 0 Å². The third kappa shape index (κ3) is 2290. The minimum absolute atomic E-state index is 0. The van der Waals surface area contributed by atoms with Crippen LogP contribution < -0.4 is 29.4 Å². The molecule has 0 saturated heterocycles. The van der Waals surface area contributed by atoms with Gasteiger partial charge in [-0.05, 0) is 0 Å². The summed E-state index contributed by atoms with van der Waals surface area (Å²) in [5.74, 6) is 0. The van der Waals surface area contributed by atoms with Crippen molar-refractivity contribution < 1.29 is 82.7 Å². The molecular weight excluding hydrogens is 365 g/mol. The van der Waals surface area contributed by atoms with Crippen LogP contribution in [0.5, 0.6) is 0 Å². The molecule has 90 valence electrons. The van der Waals surface area contributed by atoms with Crippen LogP contribution in [0.1, 0.15) is 0 Å². The van der Waals surface area contributed by atoms with Gasteiger partial charge < -0.3 is 34.8 Å². The maximum atomic E-state index is 8.48. The van der Waals surface area contributed by atoms with Crippen LogP contribution in [0.3, 0.4) is 0 Å². The van der Waals surface area contributed by atoms with Gasteiger partial charge in [0.2, 0.25) is 0 Å². The van der Waals surface area contributed by atoms with E-state index >= 15 is 0 Å². The van der Waals surface area contributed by atoms with Gasteiger partial charge in [-0.3, -0.25) is 0 Å². The summed E-state index contributed by atoms with van der Waals surface area (Å²) in [5, 5.41) is 0. The minimum Gasteiger partial charge on any atom is -0.598 e. The smallest absolute Gasteiger partial charge is 0.598 e. The van der Waals surface area contributed by atoms with Crippen LogP contribution in [0.2, 0.25) is 0 Å². The largest absolute Gasteiger partial charge is 3.00 e. The molecule has 0 aliphatic rings. The quantitative estimate of drug-likeness (QED) is 0.293. The van der Waals surface area contributed by atoms with Crippen LogP contribution >= 0.6 is 24.8 Å². The van der Waals surface area contributed by atoms with Gasteiger partial charge in [-0.25, -0.2) is 0 Å². The maximum absolute atomic E-state index is 8.48. The summed E-state index contributed by atoms with van der Waals surface area (Å²) in [4.78, 5) is 50.9. The Balaban J connectivity index is -0.0000000184. The second-order valence-corrected chi connectivity index (χ2v) is 2.01. The van der Waals surface area contributed by atoms with Crippen molar-refractivity contribution in [1.29, 1.82) is 0 Å². The predicted octanol–water partition coefficient (Wildman–Crippen LogP) is -5.74. The van der Waals surface area contributed by atoms with E-state index in [1.807, 2.05) is 0 Å². The molecule has 0 unspecified atom stereocenters. The molecule has 15 heavy (non-hydrogen) atoms. The molecule has 15 heteroatoms. The third-order valence-corrected chi connectivity index (χ3v) is 0. The molecule has 0 bridgehead atoms. The van der Waals surface area contributed by atoms with Crippen LogP contribution in [-0.4, -0.2) is 5.48 Å². The van der Waals surface area contributed by atoms with E-state index in [4.69, 9.17) is 43.1 Å². The van der Waals surface area contributed by atoms with Gasteiger partial charge >= 0.3 is 34.1 Å². The number of hydrogen-bond donors (Lipinski definition) is 0. The first-order valence-electron chi connectivity index (χ1n) is 1.64. The van der Waals surface area contributed by atoms with Crippen molar-refractivity contribution in [1.82, 2.24) is 0 Å². The summed E-state index contributed by atoms with van der Waals surface area (Å²) in [6, 6.07) is 0. The van der Waals surface area contributed by atoms with Crippen LogP contribution in [0, 0.1) is 0 Å². The topological polar surface area (TPSA) is 221 Å². The molecule has 0 aromatic carbocycles. The molecule has 0 atom stereocenters. The van der Waals surface area contributed by atoms with E-state index in [2.05, 4.69) is 0 Å². The average molecular weight is 367 g/mol. The monoisotopic (exact) mass is 367 g/mol. The normalized spacial score (nSPS) is 5.20. The molecule has 0 amide bonds. The minimum atomic E-state index is -3.37. The molecule has 0 rings (SSSR count). The molecule has 10 nitrogen and oxygen atoms in total. The second-order valence-electron chi connectivity index (χ2n) is 0.671. The molecule has 2 radical (unpaired) electrons. The van der Waals surface area contributed by atoms with Gasteiger partial charge in [0.25, 0.3) is 24.8 Å². The zero-order valence-corrected chi connectivity index (χ0v) is 11.1. The summed E-state index contributed by atoms with van der Waals surface area (Å²) in [5.41, 5.74) is 0. The van der Waals surface area contributed by atoms with E-state index < -0.39 is 24.8 Å². The fraction of sp³-hybridized carbons (Fsp3) is 0. The van der Waals surface area contributed by atoms with Crippen molar-refractivity contribution in [2.24, 2.45) is 0 Å². The van der Waals surface area contributed by atoms with Gasteiger partial charge in [0.1, 0.15) is 0 Å². The third-order valence-electron chi connectivity index (χ3n) is 0. The van der Waals surface area contributed by atoms with Gasteiger partial charge in [0.15, 0.2) is 0 Å². The summed E-state index contributed by atoms with van der Waals surface area (Å²) < 4.78 is 25.4. The summed E-state index contributed by atoms with van der Waals surface area (Å²) in [7, 11) is -10.1. The van der Waals surface area contributed by atoms with Gasteiger partial charge in [-0.1, -0.05) is 13.7 Å². The molecule has 0 aromatic heterocycles. The predicted molar refractivity (Wildman–Crippen MR) is 26.4 cm³/mol. The van der Waals surface area contributed by atoms with Crippen molar-refractivity contribution in [3.63, 3.8) is 0 Å². The molecule has 0 aliphatic carbocycles. The van der Waals surface area contributed by atoms with Crippen molar-refractivity contribution in [3.05, 3.63) is 0 Å². The first-order valence-corrected chi connectivity index (χ1v) is 4.93.